The van der Waals surface area contributed by atoms with Crippen LogP contribution in [0.3, 0.4) is 0 Å². The molecule has 0 bridgehead atoms. The van der Waals surface area contributed by atoms with Gasteiger partial charge in [-0.2, -0.15) is 0 Å². The van der Waals surface area contributed by atoms with Crippen LogP contribution in [0, 0.1) is 0 Å². The second kappa shape index (κ2) is 6.18. The third kappa shape index (κ3) is 3.02. The fourth-order valence-electron chi connectivity index (χ4n) is 3.80. The van der Waals surface area contributed by atoms with Crippen molar-refractivity contribution in [2.24, 2.45) is 0 Å². The lowest BCUT2D eigenvalue weighted by Crippen LogP contribution is -2.43. The first-order valence-corrected chi connectivity index (χ1v) is 9.00. The molecule has 5 nitrogen and oxygen atoms in total. The Morgan fingerprint density at radius 3 is 2.35 bits per heavy atom. The monoisotopic (exact) mass is 355 g/mol. The third-order valence-corrected chi connectivity index (χ3v) is 5.14. The van der Waals surface area contributed by atoms with Gasteiger partial charge in [0.05, 0.1) is 19.3 Å². The highest BCUT2D eigenvalue weighted by molar-refractivity contribution is 5.60. The Hall–Kier alpha value is -2.24. The SMILES string of the molecule is CC(C)(C)c1ccc2c(c1)C1OCCOC1C(c1cc(O)cc(O)c1)N2. The van der Waals surface area contributed by atoms with Gasteiger partial charge in [-0.05, 0) is 34.7 Å². The van der Waals surface area contributed by atoms with Crippen molar-refractivity contribution in [1.29, 1.82) is 0 Å². The highest BCUT2D eigenvalue weighted by Gasteiger charge is 2.41. The van der Waals surface area contributed by atoms with Crippen LogP contribution in [0.15, 0.2) is 36.4 Å². The zero-order valence-electron chi connectivity index (χ0n) is 15.3. The van der Waals surface area contributed by atoms with E-state index in [0.29, 0.717) is 13.2 Å². The quantitative estimate of drug-likeness (QED) is 0.721. The Kier molecular flexibility index (Phi) is 4.09. The first-order valence-electron chi connectivity index (χ1n) is 9.00. The van der Waals surface area contributed by atoms with Gasteiger partial charge in [0.1, 0.15) is 23.7 Å². The fraction of sp³-hybridized carbons (Fsp3) is 0.429. The van der Waals surface area contributed by atoms with Crippen molar-refractivity contribution in [3.8, 4) is 11.5 Å². The van der Waals surface area contributed by atoms with E-state index in [9.17, 15) is 10.2 Å². The van der Waals surface area contributed by atoms with Crippen molar-refractivity contribution in [2.45, 2.75) is 44.4 Å². The molecule has 26 heavy (non-hydrogen) atoms. The summed E-state index contributed by atoms with van der Waals surface area (Å²) >= 11 is 0. The number of fused-ring (bicyclic) bond motifs is 3. The number of hydrogen-bond acceptors (Lipinski definition) is 5. The summed E-state index contributed by atoms with van der Waals surface area (Å²) in [4.78, 5) is 0. The zero-order chi connectivity index (χ0) is 18.5. The molecule has 0 spiro atoms. The maximum atomic E-state index is 9.88. The molecular weight excluding hydrogens is 330 g/mol. The Bertz CT molecular complexity index is 807. The van der Waals surface area contributed by atoms with Gasteiger partial charge in [-0.1, -0.05) is 32.9 Å². The molecule has 2 heterocycles. The zero-order valence-corrected chi connectivity index (χ0v) is 15.3. The topological polar surface area (TPSA) is 71.0 Å². The molecule has 1 fully saturated rings. The summed E-state index contributed by atoms with van der Waals surface area (Å²) in [5, 5.41) is 23.3. The predicted octanol–water partition coefficient (Wildman–Crippen LogP) is 4.02. The molecule has 2 aliphatic rings. The Balaban J connectivity index is 1.79. The van der Waals surface area contributed by atoms with E-state index in [0.717, 1.165) is 16.8 Å². The minimum atomic E-state index is -0.229. The van der Waals surface area contributed by atoms with Gasteiger partial charge in [-0.25, -0.2) is 0 Å². The van der Waals surface area contributed by atoms with Crippen molar-refractivity contribution < 1.29 is 19.7 Å². The number of hydrogen-bond donors (Lipinski definition) is 3. The summed E-state index contributed by atoms with van der Waals surface area (Å²) in [6.07, 6.45) is -0.413. The summed E-state index contributed by atoms with van der Waals surface area (Å²) in [6.45, 7) is 7.66. The summed E-state index contributed by atoms with van der Waals surface area (Å²) in [5.41, 5.74) is 4.17. The van der Waals surface area contributed by atoms with Gasteiger partial charge in [-0.15, -0.1) is 0 Å². The minimum absolute atomic E-state index is 0.0314. The Labute approximate surface area is 153 Å². The van der Waals surface area contributed by atoms with Crippen LogP contribution >= 0.6 is 0 Å². The van der Waals surface area contributed by atoms with E-state index in [4.69, 9.17) is 9.47 Å². The van der Waals surface area contributed by atoms with Crippen LogP contribution < -0.4 is 5.32 Å². The Morgan fingerprint density at radius 1 is 0.962 bits per heavy atom. The van der Waals surface area contributed by atoms with Crippen LogP contribution in [-0.2, 0) is 14.9 Å². The van der Waals surface area contributed by atoms with Crippen molar-refractivity contribution in [3.63, 3.8) is 0 Å². The molecule has 3 N–H and O–H groups in total. The summed E-state index contributed by atoms with van der Waals surface area (Å²) < 4.78 is 12.2. The number of rotatable bonds is 1. The maximum absolute atomic E-state index is 9.88. The van der Waals surface area contributed by atoms with Crippen molar-refractivity contribution >= 4 is 5.69 Å². The van der Waals surface area contributed by atoms with Gasteiger partial charge in [0.15, 0.2) is 0 Å². The first-order chi connectivity index (χ1) is 12.3. The number of nitrogens with one attached hydrogen (secondary N) is 1. The van der Waals surface area contributed by atoms with Gasteiger partial charge in [0.2, 0.25) is 0 Å². The summed E-state index contributed by atoms with van der Waals surface area (Å²) in [5.74, 6) is 0.0629. The average molecular weight is 355 g/mol. The number of aromatic hydroxyl groups is 2. The molecule has 3 unspecified atom stereocenters. The molecule has 0 radical (unpaired) electrons. The van der Waals surface area contributed by atoms with Gasteiger partial charge < -0.3 is 25.0 Å². The van der Waals surface area contributed by atoms with E-state index < -0.39 is 0 Å². The van der Waals surface area contributed by atoms with Crippen LogP contribution in [0.25, 0.3) is 0 Å². The van der Waals surface area contributed by atoms with Crippen LogP contribution in [0.4, 0.5) is 5.69 Å². The molecule has 0 aromatic heterocycles. The molecule has 4 rings (SSSR count). The molecular formula is C21H25NO4. The molecule has 2 aliphatic heterocycles. The van der Waals surface area contributed by atoms with Crippen LogP contribution in [0.1, 0.15) is 49.6 Å². The molecule has 3 atom stereocenters. The van der Waals surface area contributed by atoms with E-state index >= 15 is 0 Å². The number of phenolic OH excluding ortho intramolecular Hbond substituents is 2. The number of ether oxygens (including phenoxy) is 2. The maximum Gasteiger partial charge on any atom is 0.119 e. The first kappa shape index (κ1) is 17.2. The highest BCUT2D eigenvalue weighted by atomic mass is 16.6. The van der Waals surface area contributed by atoms with Crippen LogP contribution in [-0.4, -0.2) is 29.5 Å². The van der Waals surface area contributed by atoms with Gasteiger partial charge in [0, 0.05) is 17.3 Å². The second-order valence-corrected chi connectivity index (χ2v) is 8.08. The standard InChI is InChI=1S/C21H25NO4/c1-21(2,3)13-4-5-17-16(10-13)19-20(26-7-6-25-19)18(22-17)12-8-14(23)11-15(24)9-12/h4-5,8-11,18-20,22-24H,6-7H2,1-3H3. The molecule has 5 heteroatoms. The van der Waals surface area contributed by atoms with E-state index in [-0.39, 0.29) is 35.2 Å². The molecule has 0 saturated carbocycles. The lowest BCUT2D eigenvalue weighted by atomic mass is 9.82. The normalized spacial score (nSPS) is 25.1. The molecule has 0 aliphatic carbocycles. The molecule has 1 saturated heterocycles. The molecule has 2 aromatic carbocycles. The van der Waals surface area contributed by atoms with E-state index in [2.05, 4.69) is 44.3 Å². The van der Waals surface area contributed by atoms with Crippen molar-refractivity contribution in [1.82, 2.24) is 0 Å². The van der Waals surface area contributed by atoms with Crippen molar-refractivity contribution in [3.05, 3.63) is 53.1 Å². The third-order valence-electron chi connectivity index (χ3n) is 5.14. The lowest BCUT2D eigenvalue weighted by molar-refractivity contribution is -0.151. The smallest absolute Gasteiger partial charge is 0.119 e. The van der Waals surface area contributed by atoms with E-state index in [1.807, 2.05) is 0 Å². The van der Waals surface area contributed by atoms with Gasteiger partial charge >= 0.3 is 0 Å². The van der Waals surface area contributed by atoms with E-state index in [1.54, 1.807) is 12.1 Å². The molecule has 0 amide bonds. The predicted molar refractivity (Wildman–Crippen MR) is 99.7 cm³/mol. The fourth-order valence-corrected chi connectivity index (χ4v) is 3.80. The lowest BCUT2D eigenvalue weighted by Gasteiger charge is -2.43. The van der Waals surface area contributed by atoms with Gasteiger partial charge in [0.25, 0.3) is 0 Å². The number of benzene rings is 2. The van der Waals surface area contributed by atoms with Crippen molar-refractivity contribution in [2.75, 3.05) is 18.5 Å². The van der Waals surface area contributed by atoms with Crippen LogP contribution in [0.2, 0.25) is 0 Å². The largest absolute Gasteiger partial charge is 0.508 e. The molecule has 2 aromatic rings. The summed E-state index contributed by atoms with van der Waals surface area (Å²) in [6, 6.07) is 10.8. The molecule has 138 valence electrons. The Morgan fingerprint density at radius 2 is 1.65 bits per heavy atom. The second-order valence-electron chi connectivity index (χ2n) is 8.08. The minimum Gasteiger partial charge on any atom is -0.508 e. The van der Waals surface area contributed by atoms with E-state index in [1.165, 1.54) is 11.6 Å². The average Bonchev–Trinajstić information content (AvgIpc) is 2.59. The number of phenols is 2. The highest BCUT2D eigenvalue weighted by Crippen LogP contribution is 2.46. The number of anilines is 1. The summed E-state index contributed by atoms with van der Waals surface area (Å²) in [7, 11) is 0. The van der Waals surface area contributed by atoms with Crippen LogP contribution in [0.5, 0.6) is 11.5 Å². The van der Waals surface area contributed by atoms with Gasteiger partial charge in [-0.3, -0.25) is 0 Å².